The van der Waals surface area contributed by atoms with Gasteiger partial charge in [0.2, 0.25) is 0 Å². The maximum atomic E-state index is 12.9. The highest BCUT2D eigenvalue weighted by Gasteiger charge is 2.39. The van der Waals surface area contributed by atoms with Crippen LogP contribution in [-0.2, 0) is 16.5 Å². The molecule has 2 saturated heterocycles. The van der Waals surface area contributed by atoms with Gasteiger partial charge in [-0.25, -0.2) is 4.79 Å². The number of hydrogen-bond donors (Lipinski definition) is 1. The van der Waals surface area contributed by atoms with Crippen molar-refractivity contribution in [1.82, 2.24) is 19.7 Å². The van der Waals surface area contributed by atoms with Crippen LogP contribution in [0.2, 0.25) is 0 Å². The van der Waals surface area contributed by atoms with E-state index < -0.39 is 0 Å². The van der Waals surface area contributed by atoms with Crippen molar-refractivity contribution in [2.45, 2.75) is 18.4 Å². The van der Waals surface area contributed by atoms with Crippen molar-refractivity contribution in [3.05, 3.63) is 30.7 Å². The van der Waals surface area contributed by atoms with Gasteiger partial charge in [-0.1, -0.05) is 0 Å². The SMILES string of the molecule is Cn1cc(-c2ncccc2NC(=O)N2CCOC3(CCOCC3)C2)cn1. The van der Waals surface area contributed by atoms with E-state index in [4.69, 9.17) is 9.47 Å². The second kappa shape index (κ2) is 7.05. The first-order valence-electron chi connectivity index (χ1n) is 8.87. The smallest absolute Gasteiger partial charge is 0.322 e. The first-order chi connectivity index (χ1) is 12.7. The van der Waals surface area contributed by atoms with Gasteiger partial charge in [-0.05, 0) is 12.1 Å². The predicted octanol–water partition coefficient (Wildman–Crippen LogP) is 1.90. The van der Waals surface area contributed by atoms with Crippen LogP contribution in [0.5, 0.6) is 0 Å². The second-order valence-corrected chi connectivity index (χ2v) is 6.80. The van der Waals surface area contributed by atoms with E-state index in [1.165, 1.54) is 0 Å². The maximum Gasteiger partial charge on any atom is 0.322 e. The van der Waals surface area contributed by atoms with Crippen molar-refractivity contribution < 1.29 is 14.3 Å². The molecule has 0 aliphatic carbocycles. The zero-order chi connectivity index (χ0) is 18.0. The summed E-state index contributed by atoms with van der Waals surface area (Å²) in [6.07, 6.45) is 6.98. The number of morpholine rings is 1. The number of anilines is 1. The highest BCUT2D eigenvalue weighted by molar-refractivity contribution is 5.93. The fourth-order valence-corrected chi connectivity index (χ4v) is 3.54. The van der Waals surface area contributed by atoms with E-state index in [-0.39, 0.29) is 11.6 Å². The van der Waals surface area contributed by atoms with Gasteiger partial charge in [0.15, 0.2) is 0 Å². The molecule has 2 aliphatic heterocycles. The Bertz CT molecular complexity index is 779. The number of urea groups is 1. The van der Waals surface area contributed by atoms with Crippen molar-refractivity contribution in [3.63, 3.8) is 0 Å². The Morgan fingerprint density at radius 2 is 2.15 bits per heavy atom. The molecule has 0 radical (unpaired) electrons. The van der Waals surface area contributed by atoms with Gasteiger partial charge in [0, 0.05) is 57.6 Å². The summed E-state index contributed by atoms with van der Waals surface area (Å²) in [5.41, 5.74) is 1.99. The summed E-state index contributed by atoms with van der Waals surface area (Å²) in [5.74, 6) is 0. The van der Waals surface area contributed by atoms with Crippen molar-refractivity contribution >= 4 is 11.7 Å². The van der Waals surface area contributed by atoms with E-state index in [2.05, 4.69) is 15.4 Å². The average Bonchev–Trinajstić information content (AvgIpc) is 3.09. The van der Waals surface area contributed by atoms with E-state index in [0.717, 1.165) is 18.4 Å². The summed E-state index contributed by atoms with van der Waals surface area (Å²) in [4.78, 5) is 19.1. The summed E-state index contributed by atoms with van der Waals surface area (Å²) in [7, 11) is 1.85. The lowest BCUT2D eigenvalue weighted by atomic mass is 9.92. The molecule has 4 rings (SSSR count). The van der Waals surface area contributed by atoms with Crippen LogP contribution in [0.3, 0.4) is 0 Å². The van der Waals surface area contributed by atoms with Gasteiger partial charge in [0.25, 0.3) is 0 Å². The first-order valence-corrected chi connectivity index (χ1v) is 8.87. The molecule has 0 atom stereocenters. The number of hydrogen-bond acceptors (Lipinski definition) is 5. The van der Waals surface area contributed by atoms with Gasteiger partial charge in [0.1, 0.15) is 0 Å². The molecule has 8 nitrogen and oxygen atoms in total. The zero-order valence-electron chi connectivity index (χ0n) is 14.9. The Kier molecular flexibility index (Phi) is 4.60. The molecule has 138 valence electrons. The highest BCUT2D eigenvalue weighted by Crippen LogP contribution is 2.30. The van der Waals surface area contributed by atoms with Crippen LogP contribution >= 0.6 is 0 Å². The van der Waals surface area contributed by atoms with Gasteiger partial charge in [-0.3, -0.25) is 9.67 Å². The van der Waals surface area contributed by atoms with E-state index >= 15 is 0 Å². The Morgan fingerprint density at radius 1 is 1.31 bits per heavy atom. The van der Waals surface area contributed by atoms with Gasteiger partial charge >= 0.3 is 6.03 Å². The standard InChI is InChI=1S/C18H23N5O3/c1-22-12-14(11-20-22)16-15(3-2-6-19-16)21-17(24)23-7-10-26-18(13-23)4-8-25-9-5-18/h2-3,6,11-12H,4-5,7-10,13H2,1H3,(H,21,24). The minimum absolute atomic E-state index is 0.127. The van der Waals surface area contributed by atoms with Crippen LogP contribution in [0.15, 0.2) is 30.7 Å². The molecule has 0 unspecified atom stereocenters. The maximum absolute atomic E-state index is 12.9. The Balaban J connectivity index is 1.50. The van der Waals surface area contributed by atoms with Gasteiger partial charge in [-0.15, -0.1) is 0 Å². The van der Waals surface area contributed by atoms with E-state index in [9.17, 15) is 4.79 Å². The highest BCUT2D eigenvalue weighted by atomic mass is 16.5. The van der Waals surface area contributed by atoms with Gasteiger partial charge < -0.3 is 19.7 Å². The molecule has 2 aromatic heterocycles. The topological polar surface area (TPSA) is 81.5 Å². The quantitative estimate of drug-likeness (QED) is 0.888. The normalized spacial score (nSPS) is 19.5. The van der Waals surface area contributed by atoms with Crippen molar-refractivity contribution in [3.8, 4) is 11.3 Å². The van der Waals surface area contributed by atoms with Crippen molar-refractivity contribution in [2.24, 2.45) is 7.05 Å². The molecule has 1 N–H and O–H groups in total. The summed E-state index contributed by atoms with van der Waals surface area (Å²) in [5, 5.41) is 7.20. The van der Waals surface area contributed by atoms with E-state index in [1.807, 2.05) is 30.3 Å². The number of ether oxygens (including phenoxy) is 2. The molecule has 2 amide bonds. The zero-order valence-corrected chi connectivity index (χ0v) is 14.9. The molecule has 2 aliphatic rings. The molecule has 1 spiro atoms. The third-order valence-corrected chi connectivity index (χ3v) is 4.97. The molecule has 0 bridgehead atoms. The number of carbonyl (C=O) groups excluding carboxylic acids is 1. The third-order valence-electron chi connectivity index (χ3n) is 4.97. The number of pyridine rings is 1. The molecular formula is C18H23N5O3. The Labute approximate surface area is 152 Å². The number of aromatic nitrogens is 3. The fourth-order valence-electron chi connectivity index (χ4n) is 3.54. The van der Waals surface area contributed by atoms with Crippen LogP contribution in [0, 0.1) is 0 Å². The number of carbonyl (C=O) groups is 1. The van der Waals surface area contributed by atoms with Crippen LogP contribution < -0.4 is 5.32 Å². The molecule has 2 fully saturated rings. The lowest BCUT2D eigenvalue weighted by Crippen LogP contribution is -2.56. The summed E-state index contributed by atoms with van der Waals surface area (Å²) in [6, 6.07) is 3.55. The second-order valence-electron chi connectivity index (χ2n) is 6.80. The van der Waals surface area contributed by atoms with Crippen LogP contribution in [0.25, 0.3) is 11.3 Å². The molecular weight excluding hydrogens is 334 g/mol. The number of nitrogens with one attached hydrogen (secondary N) is 1. The van der Waals surface area contributed by atoms with E-state index in [0.29, 0.717) is 44.3 Å². The van der Waals surface area contributed by atoms with E-state index in [1.54, 1.807) is 17.1 Å². The summed E-state index contributed by atoms with van der Waals surface area (Å²) >= 11 is 0. The minimum atomic E-state index is -0.269. The Morgan fingerprint density at radius 3 is 2.92 bits per heavy atom. The summed E-state index contributed by atoms with van der Waals surface area (Å²) in [6.45, 7) is 3.09. The molecule has 8 heteroatoms. The number of amides is 2. The van der Waals surface area contributed by atoms with Crippen LogP contribution in [0.4, 0.5) is 10.5 Å². The molecule has 2 aromatic rings. The fraction of sp³-hybridized carbons (Fsp3) is 0.500. The monoisotopic (exact) mass is 357 g/mol. The number of aryl methyl sites for hydroxylation is 1. The molecule has 0 aromatic carbocycles. The van der Waals surface area contributed by atoms with Crippen molar-refractivity contribution in [1.29, 1.82) is 0 Å². The largest absolute Gasteiger partial charge is 0.381 e. The predicted molar refractivity (Wildman–Crippen MR) is 95.8 cm³/mol. The number of rotatable bonds is 2. The molecule has 26 heavy (non-hydrogen) atoms. The molecule has 4 heterocycles. The average molecular weight is 357 g/mol. The number of nitrogens with zero attached hydrogens (tertiary/aromatic N) is 4. The Hall–Kier alpha value is -2.45. The van der Waals surface area contributed by atoms with Crippen molar-refractivity contribution in [2.75, 3.05) is 38.2 Å². The third kappa shape index (κ3) is 3.42. The summed E-state index contributed by atoms with van der Waals surface area (Å²) < 4.78 is 13.2. The van der Waals surface area contributed by atoms with Crippen LogP contribution in [-0.4, -0.2) is 64.2 Å². The van der Waals surface area contributed by atoms with Gasteiger partial charge in [0.05, 0.1) is 36.3 Å². The minimum Gasteiger partial charge on any atom is -0.381 e. The molecule has 0 saturated carbocycles. The van der Waals surface area contributed by atoms with Crippen LogP contribution in [0.1, 0.15) is 12.8 Å². The lowest BCUT2D eigenvalue weighted by Gasteiger charge is -2.44. The lowest BCUT2D eigenvalue weighted by molar-refractivity contribution is -0.144. The first kappa shape index (κ1) is 17.0. The van der Waals surface area contributed by atoms with Gasteiger partial charge in [-0.2, -0.15) is 5.10 Å².